The molecule has 3 rings (SSSR count). The van der Waals surface area contributed by atoms with E-state index < -0.39 is 0 Å². The van der Waals surface area contributed by atoms with Crippen molar-refractivity contribution in [2.45, 2.75) is 37.8 Å². The van der Waals surface area contributed by atoms with E-state index in [1.165, 1.54) is 11.8 Å². The zero-order valence-corrected chi connectivity index (χ0v) is 18.5. The van der Waals surface area contributed by atoms with E-state index in [0.29, 0.717) is 11.3 Å². The first-order chi connectivity index (χ1) is 14.3. The van der Waals surface area contributed by atoms with Crippen molar-refractivity contribution in [1.82, 2.24) is 0 Å². The lowest BCUT2D eigenvalue weighted by molar-refractivity contribution is -0.115. The van der Waals surface area contributed by atoms with E-state index in [-0.39, 0.29) is 17.1 Å². The van der Waals surface area contributed by atoms with Gasteiger partial charge < -0.3 is 10.6 Å². The van der Waals surface area contributed by atoms with Crippen LogP contribution in [0.3, 0.4) is 0 Å². The first-order valence-electron chi connectivity index (χ1n) is 9.84. The van der Waals surface area contributed by atoms with Crippen LogP contribution in [0.1, 0.15) is 34.0 Å². The van der Waals surface area contributed by atoms with Crippen molar-refractivity contribution >= 4 is 35.0 Å². The number of benzene rings is 3. The highest BCUT2D eigenvalue weighted by Crippen LogP contribution is 2.27. The summed E-state index contributed by atoms with van der Waals surface area (Å²) in [5.41, 5.74) is 5.34. The Hall–Kier alpha value is -3.05. The van der Waals surface area contributed by atoms with Gasteiger partial charge in [0.25, 0.3) is 5.91 Å². The smallest absolute Gasteiger partial charge is 0.255 e. The van der Waals surface area contributed by atoms with Crippen molar-refractivity contribution in [3.05, 3.63) is 89.0 Å². The van der Waals surface area contributed by atoms with Gasteiger partial charge in [-0.05, 0) is 75.2 Å². The lowest BCUT2D eigenvalue weighted by Crippen LogP contribution is -2.22. The zero-order valence-electron chi connectivity index (χ0n) is 17.7. The number of nitrogens with one attached hydrogen (secondary N) is 2. The van der Waals surface area contributed by atoms with Crippen LogP contribution in [0.2, 0.25) is 0 Å². The molecule has 0 aliphatic carbocycles. The van der Waals surface area contributed by atoms with Crippen molar-refractivity contribution in [2.24, 2.45) is 0 Å². The van der Waals surface area contributed by atoms with E-state index in [4.69, 9.17) is 0 Å². The molecular weight excluding hydrogens is 392 g/mol. The lowest BCUT2D eigenvalue weighted by atomic mass is 10.1. The molecule has 0 radical (unpaired) electrons. The largest absolute Gasteiger partial charge is 0.325 e. The van der Waals surface area contributed by atoms with Gasteiger partial charge in [-0.25, -0.2) is 0 Å². The van der Waals surface area contributed by atoms with Crippen LogP contribution in [0.5, 0.6) is 0 Å². The van der Waals surface area contributed by atoms with Crippen LogP contribution in [0.15, 0.2) is 71.6 Å². The maximum absolute atomic E-state index is 12.7. The Bertz CT molecular complexity index is 1080. The summed E-state index contributed by atoms with van der Waals surface area (Å²) in [7, 11) is 0. The van der Waals surface area contributed by atoms with E-state index in [1.807, 2.05) is 88.4 Å². The van der Waals surface area contributed by atoms with Gasteiger partial charge in [-0.3, -0.25) is 9.59 Å². The highest BCUT2D eigenvalue weighted by atomic mass is 32.2. The minimum Gasteiger partial charge on any atom is -0.325 e. The molecule has 0 heterocycles. The van der Waals surface area contributed by atoms with Crippen LogP contribution >= 0.6 is 11.8 Å². The third-order valence-electron chi connectivity index (χ3n) is 4.71. The molecule has 0 saturated carbocycles. The van der Waals surface area contributed by atoms with Crippen molar-refractivity contribution in [3.8, 4) is 0 Å². The van der Waals surface area contributed by atoms with Gasteiger partial charge in [0.1, 0.15) is 0 Å². The van der Waals surface area contributed by atoms with E-state index in [0.717, 1.165) is 27.3 Å². The molecule has 2 amide bonds. The molecule has 5 heteroatoms. The molecule has 0 aliphatic heterocycles. The van der Waals surface area contributed by atoms with Gasteiger partial charge in [-0.1, -0.05) is 35.9 Å². The number of carbonyl (C=O) groups excluding carboxylic acids is 2. The van der Waals surface area contributed by atoms with Crippen molar-refractivity contribution in [3.63, 3.8) is 0 Å². The minimum absolute atomic E-state index is 0.0529. The molecule has 1 atom stereocenters. The quantitative estimate of drug-likeness (QED) is 0.484. The molecule has 0 spiro atoms. The SMILES string of the molecule is Cc1cccc(C(=O)Nc2cccc(SC(C)C(=O)Nc3cc(C)ccc3C)c2)c1. The maximum Gasteiger partial charge on any atom is 0.255 e. The molecule has 1 unspecified atom stereocenters. The first kappa shape index (κ1) is 21.7. The molecule has 154 valence electrons. The number of amides is 2. The van der Waals surface area contributed by atoms with Crippen LogP contribution < -0.4 is 10.6 Å². The van der Waals surface area contributed by atoms with Gasteiger partial charge in [-0.2, -0.15) is 0 Å². The predicted octanol–water partition coefficient (Wildman–Crippen LogP) is 5.98. The number of thioether (sulfide) groups is 1. The molecule has 2 N–H and O–H groups in total. The van der Waals surface area contributed by atoms with Crippen LogP contribution in [-0.2, 0) is 4.79 Å². The summed E-state index contributed by atoms with van der Waals surface area (Å²) in [6.45, 7) is 7.82. The fourth-order valence-electron chi connectivity index (χ4n) is 3.00. The summed E-state index contributed by atoms with van der Waals surface area (Å²) in [5.74, 6) is -0.204. The van der Waals surface area contributed by atoms with Crippen molar-refractivity contribution in [1.29, 1.82) is 0 Å². The fraction of sp³-hybridized carbons (Fsp3) is 0.200. The third-order valence-corrected chi connectivity index (χ3v) is 5.80. The zero-order chi connectivity index (χ0) is 21.7. The van der Waals surface area contributed by atoms with Gasteiger partial charge in [0.2, 0.25) is 5.91 Å². The summed E-state index contributed by atoms with van der Waals surface area (Å²) < 4.78 is 0. The number of rotatable bonds is 6. The summed E-state index contributed by atoms with van der Waals surface area (Å²) >= 11 is 1.46. The molecule has 0 fully saturated rings. The molecule has 3 aromatic rings. The average molecular weight is 419 g/mol. The highest BCUT2D eigenvalue weighted by Gasteiger charge is 2.16. The first-order valence-corrected chi connectivity index (χ1v) is 10.7. The Labute approximate surface area is 182 Å². The topological polar surface area (TPSA) is 58.2 Å². The molecule has 3 aromatic carbocycles. The Kier molecular flexibility index (Phi) is 6.95. The second-order valence-corrected chi connectivity index (χ2v) is 8.83. The molecule has 0 saturated heterocycles. The lowest BCUT2D eigenvalue weighted by Gasteiger charge is -2.15. The van der Waals surface area contributed by atoms with Crippen LogP contribution in [-0.4, -0.2) is 17.1 Å². The highest BCUT2D eigenvalue weighted by molar-refractivity contribution is 8.00. The third kappa shape index (κ3) is 5.74. The van der Waals surface area contributed by atoms with Crippen molar-refractivity contribution < 1.29 is 9.59 Å². The molecule has 0 aromatic heterocycles. The number of anilines is 2. The molecular formula is C25H26N2O2S. The van der Waals surface area contributed by atoms with E-state index in [2.05, 4.69) is 10.6 Å². The summed E-state index contributed by atoms with van der Waals surface area (Å²) in [6, 6.07) is 21.0. The van der Waals surface area contributed by atoms with Crippen LogP contribution in [0.25, 0.3) is 0 Å². The van der Waals surface area contributed by atoms with E-state index in [1.54, 1.807) is 6.07 Å². The number of aryl methyl sites for hydroxylation is 3. The Morgan fingerprint density at radius 1 is 0.833 bits per heavy atom. The normalized spacial score (nSPS) is 11.6. The Balaban J connectivity index is 1.64. The van der Waals surface area contributed by atoms with Gasteiger partial charge in [-0.15, -0.1) is 11.8 Å². The number of hydrogen-bond donors (Lipinski definition) is 2. The molecule has 4 nitrogen and oxygen atoms in total. The van der Waals surface area contributed by atoms with Crippen LogP contribution in [0.4, 0.5) is 11.4 Å². The summed E-state index contributed by atoms with van der Waals surface area (Å²) in [4.78, 5) is 26.1. The number of hydrogen-bond acceptors (Lipinski definition) is 3. The van der Waals surface area contributed by atoms with E-state index >= 15 is 0 Å². The maximum atomic E-state index is 12.7. The van der Waals surface area contributed by atoms with Crippen molar-refractivity contribution in [2.75, 3.05) is 10.6 Å². The number of carbonyl (C=O) groups is 2. The molecule has 30 heavy (non-hydrogen) atoms. The van der Waals surface area contributed by atoms with Gasteiger partial charge in [0.15, 0.2) is 0 Å². The summed E-state index contributed by atoms with van der Waals surface area (Å²) in [5, 5.41) is 5.66. The second kappa shape index (κ2) is 9.63. The average Bonchev–Trinajstić information content (AvgIpc) is 2.71. The van der Waals surface area contributed by atoms with Gasteiger partial charge in [0.05, 0.1) is 5.25 Å². The summed E-state index contributed by atoms with van der Waals surface area (Å²) in [6.07, 6.45) is 0. The van der Waals surface area contributed by atoms with Gasteiger partial charge in [0, 0.05) is 21.8 Å². The standard InChI is InChI=1S/C25H26N2O2S/c1-16-7-5-8-20(13-16)25(29)26-21-9-6-10-22(15-21)30-19(4)24(28)27-23-14-17(2)11-12-18(23)3/h5-15,19H,1-4H3,(H,26,29)(H,27,28). The second-order valence-electron chi connectivity index (χ2n) is 7.42. The van der Waals surface area contributed by atoms with Crippen LogP contribution in [0, 0.1) is 20.8 Å². The predicted molar refractivity (Wildman–Crippen MR) is 125 cm³/mol. The Morgan fingerprint density at radius 3 is 2.33 bits per heavy atom. The van der Waals surface area contributed by atoms with Gasteiger partial charge >= 0.3 is 0 Å². The monoisotopic (exact) mass is 418 g/mol. The minimum atomic E-state index is -0.285. The van der Waals surface area contributed by atoms with E-state index in [9.17, 15) is 9.59 Å². The fourth-order valence-corrected chi connectivity index (χ4v) is 3.93. The Morgan fingerprint density at radius 2 is 1.57 bits per heavy atom. The molecule has 0 aliphatic rings. The molecule has 0 bridgehead atoms.